The van der Waals surface area contributed by atoms with Gasteiger partial charge in [0.15, 0.2) is 0 Å². The molecule has 8 heteroatoms. The van der Waals surface area contributed by atoms with Gasteiger partial charge in [0.25, 0.3) is 5.91 Å². The number of aromatic hydroxyl groups is 1. The van der Waals surface area contributed by atoms with Gasteiger partial charge in [0, 0.05) is 12.6 Å². The van der Waals surface area contributed by atoms with Gasteiger partial charge in [0.05, 0.1) is 5.02 Å². The molecule has 1 saturated carbocycles. The van der Waals surface area contributed by atoms with Crippen LogP contribution in [0.25, 0.3) is 5.57 Å². The Morgan fingerprint density at radius 3 is 2.80 bits per heavy atom. The van der Waals surface area contributed by atoms with Crippen LogP contribution in [0.3, 0.4) is 0 Å². The third-order valence-corrected chi connectivity index (χ3v) is 6.64. The average molecular weight is 382 g/mol. The van der Waals surface area contributed by atoms with E-state index in [9.17, 15) is 14.1 Å². The number of hydrogen-bond donors (Lipinski definition) is 3. The second-order valence-corrected chi connectivity index (χ2v) is 8.34. The van der Waals surface area contributed by atoms with E-state index >= 15 is 0 Å². The molecule has 1 saturated heterocycles. The molecule has 2 atom stereocenters. The van der Waals surface area contributed by atoms with Crippen molar-refractivity contribution in [3.63, 3.8) is 0 Å². The Morgan fingerprint density at radius 2 is 2.16 bits per heavy atom. The lowest BCUT2D eigenvalue weighted by Crippen LogP contribution is -2.27. The number of halogens is 1. The Labute approximate surface area is 154 Å². The van der Waals surface area contributed by atoms with E-state index in [1.54, 1.807) is 6.07 Å². The largest absolute Gasteiger partial charge is 0.506 e. The maximum atomic E-state index is 12.0. The van der Waals surface area contributed by atoms with Crippen molar-refractivity contribution in [3.8, 4) is 5.75 Å². The van der Waals surface area contributed by atoms with Gasteiger partial charge in [-0.15, -0.1) is 0 Å². The number of nitrogens with zero attached hydrogens (tertiary/aromatic N) is 1. The Bertz CT molecular complexity index is 779. The van der Waals surface area contributed by atoms with Gasteiger partial charge >= 0.3 is 0 Å². The predicted octanol–water partition coefficient (Wildman–Crippen LogP) is 2.11. The van der Waals surface area contributed by atoms with E-state index in [2.05, 4.69) is 16.1 Å². The van der Waals surface area contributed by atoms with E-state index in [1.165, 1.54) is 29.6 Å². The molecule has 0 aromatic heterocycles. The molecule has 3 aliphatic rings. The Kier molecular flexibility index (Phi) is 4.47. The monoisotopic (exact) mass is 381 g/mol. The number of phenolic OH excluding ortho intramolecular Hbond substituents is 1. The fraction of sp³-hybridized carbons (Fsp3) is 0.471. The highest BCUT2D eigenvalue weighted by molar-refractivity contribution is 7.85. The quantitative estimate of drug-likeness (QED) is 0.746. The van der Waals surface area contributed by atoms with Crippen LogP contribution in [0, 0.1) is 5.92 Å². The number of carbonyl (C=O) groups excluding carboxylic acids is 1. The molecule has 3 N–H and O–H groups in total. The van der Waals surface area contributed by atoms with Gasteiger partial charge in [-0.3, -0.25) is 13.8 Å². The summed E-state index contributed by atoms with van der Waals surface area (Å²) in [5, 5.41) is 14.0. The van der Waals surface area contributed by atoms with Gasteiger partial charge in [-0.25, -0.2) is 4.21 Å². The summed E-state index contributed by atoms with van der Waals surface area (Å²) in [7, 11) is 0. The number of anilines is 1. The minimum Gasteiger partial charge on any atom is -0.506 e. The van der Waals surface area contributed by atoms with Gasteiger partial charge in [0.2, 0.25) is 11.2 Å². The maximum Gasteiger partial charge on any atom is 0.253 e. The minimum absolute atomic E-state index is 0.0869. The number of rotatable bonds is 4. The molecule has 6 nitrogen and oxygen atoms in total. The lowest BCUT2D eigenvalue weighted by atomic mass is 9.81. The molecule has 1 aromatic rings. The molecular formula is C17H20ClN3O3S. The van der Waals surface area contributed by atoms with Crippen LogP contribution in [0.15, 0.2) is 18.2 Å². The molecule has 0 spiro atoms. The predicted molar refractivity (Wildman–Crippen MR) is 98.5 cm³/mol. The Balaban J connectivity index is 1.62. The van der Waals surface area contributed by atoms with Crippen LogP contribution < -0.4 is 14.3 Å². The SMILES string of the molecule is O=C1CN(c2c(O)ccc(C3=C[C@@H](CC4CCC4)NC3)c2Cl)S(=O)N1. The van der Waals surface area contributed by atoms with Crippen LogP contribution in [-0.4, -0.2) is 34.4 Å². The molecule has 2 fully saturated rings. The first-order chi connectivity index (χ1) is 12.0. The van der Waals surface area contributed by atoms with Crippen LogP contribution in [0.1, 0.15) is 31.2 Å². The van der Waals surface area contributed by atoms with Crippen molar-refractivity contribution in [2.24, 2.45) is 5.92 Å². The topological polar surface area (TPSA) is 81.7 Å². The number of hydrogen-bond acceptors (Lipinski definition) is 4. The Morgan fingerprint density at radius 1 is 1.36 bits per heavy atom. The van der Waals surface area contributed by atoms with Crippen molar-refractivity contribution in [3.05, 3.63) is 28.8 Å². The van der Waals surface area contributed by atoms with Crippen molar-refractivity contribution in [1.82, 2.24) is 10.0 Å². The number of phenols is 1. The van der Waals surface area contributed by atoms with E-state index < -0.39 is 11.2 Å². The lowest BCUT2D eigenvalue weighted by Gasteiger charge is -2.27. The minimum atomic E-state index is -1.73. The molecule has 25 heavy (non-hydrogen) atoms. The van der Waals surface area contributed by atoms with Crippen LogP contribution in [0.2, 0.25) is 5.02 Å². The number of carbonyl (C=O) groups is 1. The number of nitrogens with one attached hydrogen (secondary N) is 2. The number of amides is 1. The summed E-state index contributed by atoms with van der Waals surface area (Å²) in [5.74, 6) is 0.362. The third-order valence-electron chi connectivity index (χ3n) is 5.15. The average Bonchev–Trinajstić information content (AvgIpc) is 3.10. The smallest absolute Gasteiger partial charge is 0.253 e. The molecule has 134 valence electrons. The lowest BCUT2D eigenvalue weighted by molar-refractivity contribution is -0.117. The maximum absolute atomic E-state index is 12.0. The zero-order valence-corrected chi connectivity index (χ0v) is 15.2. The normalized spacial score (nSPS) is 26.5. The van der Waals surface area contributed by atoms with Crippen molar-refractivity contribution in [2.75, 3.05) is 17.4 Å². The fourth-order valence-corrected chi connectivity index (χ4v) is 4.99. The van der Waals surface area contributed by atoms with Gasteiger partial charge in [0.1, 0.15) is 18.0 Å². The van der Waals surface area contributed by atoms with E-state index in [4.69, 9.17) is 11.6 Å². The van der Waals surface area contributed by atoms with E-state index in [0.717, 1.165) is 23.5 Å². The second kappa shape index (κ2) is 6.63. The van der Waals surface area contributed by atoms with Crippen LogP contribution in [-0.2, 0) is 16.0 Å². The standard InChI is InChI=1S/C17H20ClN3O3S/c18-16-13(11-7-12(19-8-11)6-10-2-1-3-10)4-5-14(22)17(16)21-9-15(23)20-25(21)24/h4-5,7,10,12,19,22H,1-3,6,8-9H2,(H,20,23)/t12-,25?/m1/s1. The van der Waals surface area contributed by atoms with Crippen molar-refractivity contribution in [2.45, 2.75) is 31.7 Å². The zero-order valence-electron chi connectivity index (χ0n) is 13.6. The third kappa shape index (κ3) is 3.16. The van der Waals surface area contributed by atoms with Gasteiger partial charge in [-0.2, -0.15) is 0 Å². The Hall–Kier alpha value is -1.57. The molecule has 2 heterocycles. The molecule has 4 rings (SSSR count). The van der Waals surface area contributed by atoms with Gasteiger partial charge < -0.3 is 10.4 Å². The first kappa shape index (κ1) is 16.9. The van der Waals surface area contributed by atoms with Crippen LogP contribution in [0.5, 0.6) is 5.75 Å². The molecule has 2 aliphatic heterocycles. The van der Waals surface area contributed by atoms with Crippen molar-refractivity contribution >= 4 is 39.9 Å². The molecule has 0 radical (unpaired) electrons. The van der Waals surface area contributed by atoms with E-state index in [0.29, 0.717) is 17.6 Å². The summed E-state index contributed by atoms with van der Waals surface area (Å²) in [6.45, 7) is 0.618. The van der Waals surface area contributed by atoms with E-state index in [-0.39, 0.29) is 23.9 Å². The molecular weight excluding hydrogens is 362 g/mol. The molecule has 0 bridgehead atoms. The first-order valence-corrected chi connectivity index (χ1v) is 9.96. The highest BCUT2D eigenvalue weighted by atomic mass is 35.5. The van der Waals surface area contributed by atoms with Gasteiger partial charge in [-0.05, 0) is 35.6 Å². The van der Waals surface area contributed by atoms with E-state index in [1.807, 2.05) is 0 Å². The first-order valence-electron chi connectivity index (χ1n) is 8.47. The van der Waals surface area contributed by atoms with Crippen LogP contribution >= 0.6 is 11.6 Å². The van der Waals surface area contributed by atoms with Gasteiger partial charge in [-0.1, -0.05) is 36.9 Å². The number of benzene rings is 1. The highest BCUT2D eigenvalue weighted by Gasteiger charge is 2.32. The molecule has 1 unspecified atom stereocenters. The van der Waals surface area contributed by atoms with Crippen LogP contribution in [0.4, 0.5) is 5.69 Å². The summed E-state index contributed by atoms with van der Waals surface area (Å²) in [6.07, 6.45) is 7.30. The molecule has 1 amide bonds. The fourth-order valence-electron chi connectivity index (χ4n) is 3.60. The van der Waals surface area contributed by atoms with Crippen molar-refractivity contribution in [1.29, 1.82) is 0 Å². The summed E-state index contributed by atoms with van der Waals surface area (Å²) >= 11 is 4.81. The summed E-state index contributed by atoms with van der Waals surface area (Å²) in [4.78, 5) is 11.5. The summed E-state index contributed by atoms with van der Waals surface area (Å²) in [5.41, 5.74) is 2.11. The zero-order chi connectivity index (χ0) is 17.6. The molecule has 1 aromatic carbocycles. The van der Waals surface area contributed by atoms with Crippen molar-refractivity contribution < 1.29 is 14.1 Å². The summed E-state index contributed by atoms with van der Waals surface area (Å²) in [6, 6.07) is 3.66. The molecule has 1 aliphatic carbocycles. The highest BCUT2D eigenvalue weighted by Crippen LogP contribution is 2.42. The summed E-state index contributed by atoms with van der Waals surface area (Å²) < 4.78 is 15.6. The second-order valence-electron chi connectivity index (χ2n) is 6.82.